The van der Waals surface area contributed by atoms with Crippen LogP contribution in [0.4, 0.5) is 17.5 Å². The molecule has 1 saturated heterocycles. The molecule has 1 aromatic heterocycles. The predicted octanol–water partition coefficient (Wildman–Crippen LogP) is 2.86. The van der Waals surface area contributed by atoms with Crippen molar-refractivity contribution < 1.29 is 9.47 Å². The Hall–Kier alpha value is -2.54. The van der Waals surface area contributed by atoms with Gasteiger partial charge in [-0.25, -0.2) is 4.98 Å². The van der Waals surface area contributed by atoms with E-state index in [0.29, 0.717) is 24.3 Å². The maximum Gasteiger partial charge on any atom is 0.231 e. The summed E-state index contributed by atoms with van der Waals surface area (Å²) in [6, 6.07) is 7.59. The minimum Gasteiger partial charge on any atom is -0.493 e. The molecule has 7 nitrogen and oxygen atoms in total. The second-order valence-corrected chi connectivity index (χ2v) is 7.21. The number of ether oxygens (including phenoxy) is 2. The number of aromatic nitrogens is 2. The van der Waals surface area contributed by atoms with Crippen molar-refractivity contribution in [3.05, 3.63) is 30.0 Å². The SMILES string of the molecule is COc1ccc(N(C)c2nc(C)cc(N)n2)cc1OCC1CCCN(C)C1. The number of nitrogens with zero attached hydrogens (tertiary/aromatic N) is 4. The Balaban J connectivity index is 1.78. The molecule has 1 atom stereocenters. The van der Waals surface area contributed by atoms with Crippen molar-refractivity contribution in [2.45, 2.75) is 19.8 Å². The highest BCUT2D eigenvalue weighted by atomic mass is 16.5. The molecule has 146 valence electrons. The van der Waals surface area contributed by atoms with E-state index < -0.39 is 0 Å². The fourth-order valence-corrected chi connectivity index (χ4v) is 3.45. The zero-order valence-electron chi connectivity index (χ0n) is 16.6. The number of likely N-dealkylation sites (tertiary alicyclic amines) is 1. The summed E-state index contributed by atoms with van der Waals surface area (Å²) in [4.78, 5) is 13.0. The number of methoxy groups -OCH3 is 1. The van der Waals surface area contributed by atoms with Crippen molar-refractivity contribution in [3.8, 4) is 11.5 Å². The highest BCUT2D eigenvalue weighted by Gasteiger charge is 2.19. The molecule has 1 aromatic carbocycles. The van der Waals surface area contributed by atoms with Gasteiger partial charge in [-0.2, -0.15) is 4.98 Å². The molecule has 2 N–H and O–H groups in total. The average Bonchev–Trinajstić information content (AvgIpc) is 2.65. The zero-order chi connectivity index (χ0) is 19.4. The largest absolute Gasteiger partial charge is 0.493 e. The number of rotatable bonds is 6. The van der Waals surface area contributed by atoms with Crippen LogP contribution in [0, 0.1) is 12.8 Å². The Morgan fingerprint density at radius 2 is 2.07 bits per heavy atom. The summed E-state index contributed by atoms with van der Waals surface area (Å²) in [7, 11) is 5.73. The highest BCUT2D eigenvalue weighted by molar-refractivity contribution is 5.62. The van der Waals surface area contributed by atoms with Gasteiger partial charge < -0.3 is 25.0 Å². The lowest BCUT2D eigenvalue weighted by Gasteiger charge is -2.29. The van der Waals surface area contributed by atoms with E-state index in [1.807, 2.05) is 37.1 Å². The molecule has 7 heteroatoms. The fourth-order valence-electron chi connectivity index (χ4n) is 3.45. The summed E-state index contributed by atoms with van der Waals surface area (Å²) in [5, 5.41) is 0. The minimum atomic E-state index is 0.454. The van der Waals surface area contributed by atoms with Crippen molar-refractivity contribution in [1.82, 2.24) is 14.9 Å². The second kappa shape index (κ2) is 8.43. The molecule has 0 aliphatic carbocycles. The number of hydrogen-bond donors (Lipinski definition) is 1. The van der Waals surface area contributed by atoms with Crippen LogP contribution in [0.2, 0.25) is 0 Å². The lowest BCUT2D eigenvalue weighted by molar-refractivity contribution is 0.148. The zero-order valence-corrected chi connectivity index (χ0v) is 16.6. The molecule has 27 heavy (non-hydrogen) atoms. The van der Waals surface area contributed by atoms with E-state index in [1.54, 1.807) is 13.2 Å². The van der Waals surface area contributed by atoms with Gasteiger partial charge in [0.25, 0.3) is 0 Å². The molecule has 0 spiro atoms. The summed E-state index contributed by atoms with van der Waals surface area (Å²) in [6.07, 6.45) is 2.42. The van der Waals surface area contributed by atoms with Crippen molar-refractivity contribution in [2.24, 2.45) is 5.92 Å². The summed E-state index contributed by atoms with van der Waals surface area (Å²) in [6.45, 7) is 4.82. The minimum absolute atomic E-state index is 0.454. The van der Waals surface area contributed by atoms with E-state index in [0.717, 1.165) is 29.4 Å². The van der Waals surface area contributed by atoms with E-state index in [9.17, 15) is 0 Å². The van der Waals surface area contributed by atoms with Gasteiger partial charge in [0.1, 0.15) is 5.82 Å². The molecular formula is C20H29N5O2. The number of hydrogen-bond acceptors (Lipinski definition) is 7. The van der Waals surface area contributed by atoms with Crippen LogP contribution in [0.3, 0.4) is 0 Å². The van der Waals surface area contributed by atoms with Crippen LogP contribution in [-0.2, 0) is 0 Å². The first-order valence-electron chi connectivity index (χ1n) is 9.30. The fraction of sp³-hybridized carbons (Fsp3) is 0.500. The van der Waals surface area contributed by atoms with E-state index in [-0.39, 0.29) is 0 Å². The number of piperidine rings is 1. The molecule has 1 unspecified atom stereocenters. The van der Waals surface area contributed by atoms with Crippen LogP contribution in [0.15, 0.2) is 24.3 Å². The van der Waals surface area contributed by atoms with Gasteiger partial charge in [0.15, 0.2) is 11.5 Å². The van der Waals surface area contributed by atoms with Crippen LogP contribution >= 0.6 is 0 Å². The van der Waals surface area contributed by atoms with Gasteiger partial charge in [-0.3, -0.25) is 0 Å². The van der Waals surface area contributed by atoms with Gasteiger partial charge in [0.2, 0.25) is 5.95 Å². The maximum atomic E-state index is 6.15. The van der Waals surface area contributed by atoms with Crippen LogP contribution in [0.5, 0.6) is 11.5 Å². The third-order valence-electron chi connectivity index (χ3n) is 4.89. The van der Waals surface area contributed by atoms with Gasteiger partial charge in [-0.15, -0.1) is 0 Å². The Labute approximate surface area is 161 Å². The Morgan fingerprint density at radius 1 is 1.26 bits per heavy atom. The molecule has 0 radical (unpaired) electrons. The van der Waals surface area contributed by atoms with Gasteiger partial charge >= 0.3 is 0 Å². The first-order valence-corrected chi connectivity index (χ1v) is 9.30. The highest BCUT2D eigenvalue weighted by Crippen LogP contribution is 2.34. The maximum absolute atomic E-state index is 6.15. The quantitative estimate of drug-likeness (QED) is 0.836. The third kappa shape index (κ3) is 4.80. The number of nitrogens with two attached hydrogens (primary N) is 1. The molecule has 2 aromatic rings. The normalized spacial score (nSPS) is 17.6. The summed E-state index contributed by atoms with van der Waals surface area (Å²) in [5.74, 6) is 3.00. The summed E-state index contributed by atoms with van der Waals surface area (Å²) >= 11 is 0. The average molecular weight is 371 g/mol. The topological polar surface area (TPSA) is 76.7 Å². The van der Waals surface area contributed by atoms with E-state index in [4.69, 9.17) is 15.2 Å². The van der Waals surface area contributed by atoms with Crippen LogP contribution in [0.25, 0.3) is 0 Å². The third-order valence-corrected chi connectivity index (χ3v) is 4.89. The standard InChI is InChI=1S/C20H29N5O2/c1-14-10-19(21)23-20(22-14)25(3)16-7-8-17(26-4)18(11-16)27-13-15-6-5-9-24(2)12-15/h7-8,10-11,15H,5-6,9,12-13H2,1-4H3,(H2,21,22,23). The number of anilines is 3. The Bertz CT molecular complexity index is 763. The van der Waals surface area contributed by atoms with Crippen molar-refractivity contribution in [1.29, 1.82) is 0 Å². The summed E-state index contributed by atoms with van der Waals surface area (Å²) in [5.41, 5.74) is 7.61. The van der Waals surface area contributed by atoms with Gasteiger partial charge in [0, 0.05) is 43.0 Å². The van der Waals surface area contributed by atoms with Gasteiger partial charge in [0.05, 0.1) is 13.7 Å². The number of nitrogen functional groups attached to an aromatic ring is 1. The van der Waals surface area contributed by atoms with E-state index in [2.05, 4.69) is 21.9 Å². The summed E-state index contributed by atoms with van der Waals surface area (Å²) < 4.78 is 11.6. The van der Waals surface area contributed by atoms with E-state index >= 15 is 0 Å². The van der Waals surface area contributed by atoms with Crippen molar-refractivity contribution >= 4 is 17.5 Å². The van der Waals surface area contributed by atoms with Crippen molar-refractivity contribution in [3.63, 3.8) is 0 Å². The predicted molar refractivity (Wildman–Crippen MR) is 108 cm³/mol. The first-order chi connectivity index (χ1) is 13.0. The Kier molecular flexibility index (Phi) is 6.01. The molecule has 2 heterocycles. The van der Waals surface area contributed by atoms with Crippen LogP contribution in [0.1, 0.15) is 18.5 Å². The van der Waals surface area contributed by atoms with Gasteiger partial charge in [-0.1, -0.05) is 0 Å². The molecular weight excluding hydrogens is 342 g/mol. The lowest BCUT2D eigenvalue weighted by Crippen LogP contribution is -2.34. The smallest absolute Gasteiger partial charge is 0.231 e. The van der Waals surface area contributed by atoms with E-state index in [1.165, 1.54) is 19.4 Å². The molecule has 0 saturated carbocycles. The number of aryl methyl sites for hydroxylation is 1. The molecule has 3 rings (SSSR count). The Morgan fingerprint density at radius 3 is 2.78 bits per heavy atom. The number of benzene rings is 1. The second-order valence-electron chi connectivity index (χ2n) is 7.21. The molecule has 1 aliphatic heterocycles. The van der Waals surface area contributed by atoms with Gasteiger partial charge in [-0.05, 0) is 45.5 Å². The molecule has 1 aliphatic rings. The molecule has 1 fully saturated rings. The monoisotopic (exact) mass is 371 g/mol. The molecule has 0 bridgehead atoms. The molecule has 0 amide bonds. The lowest BCUT2D eigenvalue weighted by atomic mass is 9.99. The first kappa shape index (κ1) is 19.2. The van der Waals surface area contributed by atoms with Crippen molar-refractivity contribution in [2.75, 3.05) is 51.5 Å². The van der Waals surface area contributed by atoms with Crippen LogP contribution in [-0.4, -0.2) is 55.8 Å². The van der Waals surface area contributed by atoms with Crippen LogP contribution < -0.4 is 20.1 Å².